The third-order valence-electron chi connectivity index (χ3n) is 8.04. The van der Waals surface area contributed by atoms with Crippen LogP contribution in [-0.4, -0.2) is 72.1 Å². The Bertz CT molecular complexity index is 1240. The number of ketones is 1. The fourth-order valence-electron chi connectivity index (χ4n) is 5.12. The van der Waals surface area contributed by atoms with Crippen LogP contribution >= 0.6 is 0 Å². The molecule has 0 bridgehead atoms. The van der Waals surface area contributed by atoms with Crippen molar-refractivity contribution in [2.75, 3.05) is 33.8 Å². The molecular formula is C31H44FN5O3. The number of Topliss-reactive ketones (excluding diaryl/α,β-unsaturated/α-hetero) is 1. The van der Waals surface area contributed by atoms with Gasteiger partial charge in [-0.1, -0.05) is 20.4 Å². The quantitative estimate of drug-likeness (QED) is 0.409. The predicted octanol–water partition coefficient (Wildman–Crippen LogP) is 5.03. The number of likely N-dealkylation sites (N-methyl/N-ethyl adjacent to an activating group) is 1. The van der Waals surface area contributed by atoms with E-state index in [0.29, 0.717) is 37.3 Å². The molecule has 1 amide bonds. The number of ether oxygens (including phenoxy) is 1. The Hall–Kier alpha value is -3.46. The van der Waals surface area contributed by atoms with Gasteiger partial charge in [0.05, 0.1) is 24.9 Å². The summed E-state index contributed by atoms with van der Waals surface area (Å²) < 4.78 is 21.4. The minimum Gasteiger partial charge on any atom is -0.496 e. The Morgan fingerprint density at radius 2 is 2.00 bits per heavy atom. The number of likely N-dealkylation sites (tertiary alicyclic amines) is 1. The van der Waals surface area contributed by atoms with Gasteiger partial charge in [-0.2, -0.15) is 0 Å². The molecule has 218 valence electrons. The average Bonchev–Trinajstić information content (AvgIpc) is 2.93. The summed E-state index contributed by atoms with van der Waals surface area (Å²) in [6, 6.07) is 3.08. The molecule has 2 atom stereocenters. The van der Waals surface area contributed by atoms with Crippen LogP contribution in [0.1, 0.15) is 69.8 Å². The number of allylic oxidation sites excluding steroid dienone is 1. The van der Waals surface area contributed by atoms with Crippen molar-refractivity contribution in [2.45, 2.75) is 59.9 Å². The summed E-state index contributed by atoms with van der Waals surface area (Å²) in [5.41, 5.74) is 8.93. The van der Waals surface area contributed by atoms with E-state index >= 15 is 4.39 Å². The molecule has 40 heavy (non-hydrogen) atoms. The number of amides is 1. The zero-order chi connectivity index (χ0) is 29.7. The van der Waals surface area contributed by atoms with Gasteiger partial charge >= 0.3 is 0 Å². The van der Waals surface area contributed by atoms with Crippen molar-refractivity contribution in [3.8, 4) is 5.75 Å². The summed E-state index contributed by atoms with van der Waals surface area (Å²) in [5, 5.41) is 0. The highest BCUT2D eigenvalue weighted by atomic mass is 19.1. The molecule has 2 aliphatic heterocycles. The molecule has 2 aliphatic rings. The number of benzene rings is 1. The minimum atomic E-state index is -0.566. The molecule has 2 N–H and O–H groups in total. The van der Waals surface area contributed by atoms with Crippen molar-refractivity contribution < 1.29 is 18.7 Å². The minimum absolute atomic E-state index is 0.0161. The standard InChI is InChI=1S/C31H44FN5O3/c1-9-20(4)28(29-25(32)15-24(22(6)38)16-26(29)40-8)30-31(33)34-12-14-37(30)21(5)23-11-10-13-36(17-23)27(39)18-35(7)19(2)3/h12,14-16,19-20,23H,5,9-11,13,17-18H2,1-4,6-8H3,(H2,33,34)/b30-28+. The van der Waals surface area contributed by atoms with Crippen LogP contribution < -0.4 is 10.5 Å². The Balaban J connectivity index is 2.07. The summed E-state index contributed by atoms with van der Waals surface area (Å²) in [5.74, 6) is -0.385. The van der Waals surface area contributed by atoms with Gasteiger partial charge in [-0.3, -0.25) is 14.5 Å². The number of nitrogens with zero attached hydrogens (tertiary/aromatic N) is 4. The van der Waals surface area contributed by atoms with E-state index in [-0.39, 0.29) is 52.3 Å². The lowest BCUT2D eigenvalue weighted by atomic mass is 9.86. The lowest BCUT2D eigenvalue weighted by molar-refractivity contribution is -0.134. The lowest BCUT2D eigenvalue weighted by Gasteiger charge is -2.39. The van der Waals surface area contributed by atoms with E-state index in [4.69, 9.17) is 10.5 Å². The largest absolute Gasteiger partial charge is 0.496 e. The van der Waals surface area contributed by atoms with Crippen LogP contribution in [0.25, 0.3) is 5.57 Å². The van der Waals surface area contributed by atoms with Crippen LogP contribution in [0.15, 0.2) is 47.5 Å². The SMILES string of the molecule is C=C(C1CCCN(C(=O)CN(C)C(C)C)C1)N1C=CN=C(N)/C1=C(\c1c(F)cc(C(C)=O)cc1OC)C(C)CC. The van der Waals surface area contributed by atoms with E-state index < -0.39 is 5.82 Å². The number of methoxy groups -OCH3 is 1. The molecule has 1 aromatic carbocycles. The molecule has 3 rings (SSSR count). The zero-order valence-corrected chi connectivity index (χ0v) is 25.0. The summed E-state index contributed by atoms with van der Waals surface area (Å²) in [7, 11) is 3.41. The Labute approximate surface area is 238 Å². The van der Waals surface area contributed by atoms with Crippen molar-refractivity contribution in [3.63, 3.8) is 0 Å². The number of hydrogen-bond donors (Lipinski definition) is 1. The highest BCUT2D eigenvalue weighted by molar-refractivity contribution is 6.06. The lowest BCUT2D eigenvalue weighted by Crippen LogP contribution is -2.47. The second-order valence-electron chi connectivity index (χ2n) is 11.0. The number of rotatable bonds is 10. The molecule has 0 radical (unpaired) electrons. The highest BCUT2D eigenvalue weighted by Gasteiger charge is 2.33. The molecule has 9 heteroatoms. The first-order chi connectivity index (χ1) is 18.9. The van der Waals surface area contributed by atoms with Crippen LogP contribution in [-0.2, 0) is 4.79 Å². The number of aliphatic imine (C=N–C) groups is 1. The van der Waals surface area contributed by atoms with Crippen molar-refractivity contribution in [2.24, 2.45) is 22.6 Å². The van der Waals surface area contributed by atoms with Crippen LogP contribution in [0.5, 0.6) is 5.75 Å². The maximum absolute atomic E-state index is 15.8. The second kappa shape index (κ2) is 13.3. The molecule has 0 spiro atoms. The number of nitrogens with two attached hydrogens (primary N) is 1. The van der Waals surface area contributed by atoms with Crippen LogP contribution in [0, 0.1) is 17.7 Å². The smallest absolute Gasteiger partial charge is 0.236 e. The van der Waals surface area contributed by atoms with Crippen LogP contribution in [0.3, 0.4) is 0 Å². The van der Waals surface area contributed by atoms with Gasteiger partial charge in [-0.15, -0.1) is 0 Å². The molecule has 2 heterocycles. The maximum Gasteiger partial charge on any atom is 0.236 e. The summed E-state index contributed by atoms with van der Waals surface area (Å²) in [6.45, 7) is 15.6. The van der Waals surface area contributed by atoms with Gasteiger partial charge in [-0.25, -0.2) is 9.38 Å². The Morgan fingerprint density at radius 3 is 2.60 bits per heavy atom. The molecule has 1 aromatic rings. The number of piperidine rings is 1. The Morgan fingerprint density at radius 1 is 1.30 bits per heavy atom. The summed E-state index contributed by atoms with van der Waals surface area (Å²) >= 11 is 0. The molecule has 0 saturated carbocycles. The summed E-state index contributed by atoms with van der Waals surface area (Å²) in [4.78, 5) is 35.3. The van der Waals surface area contributed by atoms with E-state index in [1.165, 1.54) is 20.1 Å². The van der Waals surface area contributed by atoms with Gasteiger partial charge in [-0.05, 0) is 70.7 Å². The van der Waals surface area contributed by atoms with Gasteiger partial charge in [0, 0.05) is 48.7 Å². The maximum atomic E-state index is 15.8. The van der Waals surface area contributed by atoms with Gasteiger partial charge in [0.15, 0.2) is 5.78 Å². The Kier molecular flexibility index (Phi) is 10.3. The van der Waals surface area contributed by atoms with Gasteiger partial charge in [0.25, 0.3) is 0 Å². The number of carbonyl (C=O) groups is 2. The summed E-state index contributed by atoms with van der Waals surface area (Å²) in [6.07, 6.45) is 5.81. The van der Waals surface area contributed by atoms with E-state index in [9.17, 15) is 9.59 Å². The predicted molar refractivity (Wildman–Crippen MR) is 158 cm³/mol. The molecule has 2 unspecified atom stereocenters. The topological polar surface area (TPSA) is 91.5 Å². The van der Waals surface area contributed by atoms with Crippen molar-refractivity contribution >= 4 is 23.1 Å². The van der Waals surface area contributed by atoms with E-state index in [1.54, 1.807) is 18.5 Å². The number of halogens is 1. The monoisotopic (exact) mass is 553 g/mol. The molecule has 1 saturated heterocycles. The highest BCUT2D eigenvalue weighted by Crippen LogP contribution is 2.41. The van der Waals surface area contributed by atoms with Crippen molar-refractivity contribution in [3.05, 3.63) is 59.4 Å². The first-order valence-electron chi connectivity index (χ1n) is 14.0. The van der Waals surface area contributed by atoms with E-state index in [1.807, 2.05) is 35.6 Å². The zero-order valence-electron chi connectivity index (χ0n) is 25.0. The molecular weight excluding hydrogens is 509 g/mol. The fourth-order valence-corrected chi connectivity index (χ4v) is 5.12. The third-order valence-corrected chi connectivity index (χ3v) is 8.04. The fraction of sp³-hybridized carbons (Fsp3) is 0.516. The van der Waals surface area contributed by atoms with E-state index in [0.717, 1.165) is 18.5 Å². The normalized spacial score (nSPS) is 19.6. The van der Waals surface area contributed by atoms with Crippen LogP contribution in [0.4, 0.5) is 4.39 Å². The van der Waals surface area contributed by atoms with Gasteiger partial charge in [0.2, 0.25) is 5.91 Å². The van der Waals surface area contributed by atoms with Crippen LogP contribution in [0.2, 0.25) is 0 Å². The average molecular weight is 554 g/mol. The van der Waals surface area contributed by atoms with E-state index in [2.05, 4.69) is 25.4 Å². The number of amidine groups is 1. The van der Waals surface area contributed by atoms with Crippen molar-refractivity contribution in [1.82, 2.24) is 14.7 Å². The molecule has 1 fully saturated rings. The van der Waals surface area contributed by atoms with Crippen molar-refractivity contribution in [1.29, 1.82) is 0 Å². The van der Waals surface area contributed by atoms with Gasteiger partial charge in [0.1, 0.15) is 17.4 Å². The first kappa shape index (κ1) is 31.1. The molecule has 0 aliphatic carbocycles. The number of hydrogen-bond acceptors (Lipinski definition) is 7. The third kappa shape index (κ3) is 6.63. The second-order valence-corrected chi connectivity index (χ2v) is 11.0. The van der Waals surface area contributed by atoms with Gasteiger partial charge < -0.3 is 20.3 Å². The first-order valence-corrected chi connectivity index (χ1v) is 14.0. The number of carbonyl (C=O) groups excluding carboxylic acids is 2. The molecule has 8 nitrogen and oxygen atoms in total. The molecule has 0 aromatic heterocycles.